The second-order valence-corrected chi connectivity index (χ2v) is 5.66. The summed E-state index contributed by atoms with van der Waals surface area (Å²) in [5.74, 6) is -0.776. The monoisotopic (exact) mass is 210 g/mol. The molecule has 0 amide bonds. The molecule has 0 aliphatic heterocycles. The highest BCUT2D eigenvalue weighted by atomic mass is 32.1. The largest absolute Gasteiger partial charge is 0.478 e. The van der Waals surface area contributed by atoms with Gasteiger partial charge in [0.2, 0.25) is 0 Å². The van der Waals surface area contributed by atoms with Gasteiger partial charge in [0.05, 0.1) is 5.56 Å². The Labute approximate surface area is 87.6 Å². The summed E-state index contributed by atoms with van der Waals surface area (Å²) < 4.78 is 0. The minimum atomic E-state index is -0.776. The molecule has 0 radical (unpaired) electrons. The fourth-order valence-electron chi connectivity index (χ4n) is 2.01. The van der Waals surface area contributed by atoms with Gasteiger partial charge in [-0.1, -0.05) is 13.8 Å². The summed E-state index contributed by atoms with van der Waals surface area (Å²) in [7, 11) is 0. The first-order valence-electron chi connectivity index (χ1n) is 4.82. The molecular formula is C11H14O2S. The quantitative estimate of drug-likeness (QED) is 0.773. The number of aromatic carboxylic acids is 1. The molecule has 3 heteroatoms. The Morgan fingerprint density at radius 2 is 2.29 bits per heavy atom. The summed E-state index contributed by atoms with van der Waals surface area (Å²) in [4.78, 5) is 12.2. The van der Waals surface area contributed by atoms with Gasteiger partial charge in [-0.05, 0) is 30.2 Å². The zero-order valence-corrected chi connectivity index (χ0v) is 9.28. The van der Waals surface area contributed by atoms with E-state index in [9.17, 15) is 4.79 Å². The Kier molecular flexibility index (Phi) is 2.14. The van der Waals surface area contributed by atoms with Gasteiger partial charge in [-0.15, -0.1) is 11.3 Å². The fourth-order valence-corrected chi connectivity index (χ4v) is 3.34. The molecule has 0 fully saturated rings. The average molecular weight is 210 g/mol. The van der Waals surface area contributed by atoms with E-state index >= 15 is 0 Å². The number of rotatable bonds is 1. The van der Waals surface area contributed by atoms with E-state index in [0.29, 0.717) is 11.0 Å². The zero-order chi connectivity index (χ0) is 10.3. The lowest BCUT2D eigenvalue weighted by molar-refractivity contribution is 0.0695. The number of thiophene rings is 1. The van der Waals surface area contributed by atoms with Crippen LogP contribution in [-0.2, 0) is 12.8 Å². The molecule has 2 nitrogen and oxygen atoms in total. The molecule has 0 bridgehead atoms. The lowest BCUT2D eigenvalue weighted by Gasteiger charge is -2.29. The number of fused-ring (bicyclic) bond motifs is 1. The second kappa shape index (κ2) is 3.09. The minimum Gasteiger partial charge on any atom is -0.478 e. The first-order chi connectivity index (χ1) is 6.49. The molecule has 0 spiro atoms. The SMILES string of the molecule is CC1(C)CCc2c(C(=O)O)csc2C1. The van der Waals surface area contributed by atoms with Crippen molar-refractivity contribution in [3.8, 4) is 0 Å². The molecule has 1 aromatic heterocycles. The molecular weight excluding hydrogens is 196 g/mol. The number of hydrogen-bond donors (Lipinski definition) is 1. The predicted octanol–water partition coefficient (Wildman–Crippen LogP) is 2.96. The summed E-state index contributed by atoms with van der Waals surface area (Å²) in [6, 6.07) is 0. The summed E-state index contributed by atoms with van der Waals surface area (Å²) >= 11 is 1.60. The van der Waals surface area contributed by atoms with E-state index in [1.165, 1.54) is 4.88 Å². The molecule has 1 aliphatic rings. The molecule has 0 saturated heterocycles. The van der Waals surface area contributed by atoms with Crippen LogP contribution in [0, 0.1) is 5.41 Å². The lowest BCUT2D eigenvalue weighted by atomic mass is 9.77. The van der Waals surface area contributed by atoms with Crippen LogP contribution in [0.15, 0.2) is 5.38 Å². The van der Waals surface area contributed by atoms with Gasteiger partial charge in [-0.25, -0.2) is 4.79 Å². The summed E-state index contributed by atoms with van der Waals surface area (Å²) in [5, 5.41) is 10.8. The second-order valence-electron chi connectivity index (χ2n) is 4.70. The number of carboxylic acid groups (broad SMARTS) is 1. The molecule has 0 atom stereocenters. The van der Waals surface area contributed by atoms with Crippen molar-refractivity contribution in [2.45, 2.75) is 33.1 Å². The smallest absolute Gasteiger partial charge is 0.336 e. The molecule has 1 N–H and O–H groups in total. The van der Waals surface area contributed by atoms with Crippen LogP contribution >= 0.6 is 11.3 Å². The van der Waals surface area contributed by atoms with Crippen LogP contribution in [-0.4, -0.2) is 11.1 Å². The highest BCUT2D eigenvalue weighted by Gasteiger charge is 2.29. The van der Waals surface area contributed by atoms with Gasteiger partial charge >= 0.3 is 5.97 Å². The number of hydrogen-bond acceptors (Lipinski definition) is 2. The molecule has 1 aliphatic carbocycles. The molecule has 14 heavy (non-hydrogen) atoms. The molecule has 1 heterocycles. The first kappa shape index (κ1) is 9.71. The predicted molar refractivity (Wildman–Crippen MR) is 57.1 cm³/mol. The van der Waals surface area contributed by atoms with Crippen LogP contribution in [0.4, 0.5) is 0 Å². The third-order valence-electron chi connectivity index (χ3n) is 2.90. The van der Waals surface area contributed by atoms with E-state index in [1.807, 2.05) is 0 Å². The summed E-state index contributed by atoms with van der Waals surface area (Å²) in [6.07, 6.45) is 3.05. The van der Waals surface area contributed by atoms with Crippen molar-refractivity contribution in [2.75, 3.05) is 0 Å². The van der Waals surface area contributed by atoms with Crippen LogP contribution < -0.4 is 0 Å². The van der Waals surface area contributed by atoms with E-state index in [4.69, 9.17) is 5.11 Å². The van der Waals surface area contributed by atoms with Crippen LogP contribution in [0.1, 0.15) is 41.1 Å². The van der Waals surface area contributed by atoms with E-state index in [-0.39, 0.29) is 0 Å². The Bertz CT molecular complexity index is 377. The van der Waals surface area contributed by atoms with Gasteiger partial charge < -0.3 is 5.11 Å². The highest BCUT2D eigenvalue weighted by Crippen LogP contribution is 2.39. The molecule has 2 rings (SSSR count). The van der Waals surface area contributed by atoms with Crippen molar-refractivity contribution >= 4 is 17.3 Å². The Morgan fingerprint density at radius 3 is 2.93 bits per heavy atom. The Morgan fingerprint density at radius 1 is 1.57 bits per heavy atom. The molecule has 0 unspecified atom stereocenters. The third kappa shape index (κ3) is 1.57. The fraction of sp³-hybridized carbons (Fsp3) is 0.545. The van der Waals surface area contributed by atoms with E-state index < -0.39 is 5.97 Å². The third-order valence-corrected chi connectivity index (χ3v) is 3.93. The van der Waals surface area contributed by atoms with Crippen molar-refractivity contribution in [2.24, 2.45) is 5.41 Å². The van der Waals surface area contributed by atoms with E-state index in [2.05, 4.69) is 13.8 Å². The number of carboxylic acids is 1. The minimum absolute atomic E-state index is 0.341. The van der Waals surface area contributed by atoms with Crippen LogP contribution in [0.5, 0.6) is 0 Å². The van der Waals surface area contributed by atoms with Crippen LogP contribution in [0.2, 0.25) is 0 Å². The maximum absolute atomic E-state index is 10.9. The highest BCUT2D eigenvalue weighted by molar-refractivity contribution is 7.10. The molecule has 76 valence electrons. The zero-order valence-electron chi connectivity index (χ0n) is 8.46. The lowest BCUT2D eigenvalue weighted by Crippen LogP contribution is -2.21. The maximum atomic E-state index is 10.9. The van der Waals surface area contributed by atoms with E-state index in [0.717, 1.165) is 24.8 Å². The van der Waals surface area contributed by atoms with Gasteiger partial charge in [-0.3, -0.25) is 0 Å². The van der Waals surface area contributed by atoms with Crippen molar-refractivity contribution in [3.05, 3.63) is 21.4 Å². The summed E-state index contributed by atoms with van der Waals surface area (Å²) in [5.41, 5.74) is 1.95. The first-order valence-corrected chi connectivity index (χ1v) is 5.70. The summed E-state index contributed by atoms with van der Waals surface area (Å²) in [6.45, 7) is 4.49. The molecule has 1 aromatic rings. The van der Waals surface area contributed by atoms with Crippen molar-refractivity contribution in [1.82, 2.24) is 0 Å². The Balaban J connectivity index is 2.39. The van der Waals surface area contributed by atoms with Gasteiger partial charge in [0.1, 0.15) is 0 Å². The normalized spacial score (nSPS) is 19.0. The Hall–Kier alpha value is -0.830. The molecule has 0 saturated carbocycles. The molecule has 0 aromatic carbocycles. The van der Waals surface area contributed by atoms with Crippen molar-refractivity contribution in [3.63, 3.8) is 0 Å². The number of carbonyl (C=O) groups is 1. The van der Waals surface area contributed by atoms with Crippen molar-refractivity contribution in [1.29, 1.82) is 0 Å². The van der Waals surface area contributed by atoms with Crippen LogP contribution in [0.3, 0.4) is 0 Å². The van der Waals surface area contributed by atoms with Crippen molar-refractivity contribution < 1.29 is 9.90 Å². The van der Waals surface area contributed by atoms with Gasteiger partial charge in [0, 0.05) is 10.3 Å². The van der Waals surface area contributed by atoms with Gasteiger partial charge in [0.15, 0.2) is 0 Å². The van der Waals surface area contributed by atoms with Gasteiger partial charge in [0.25, 0.3) is 0 Å². The van der Waals surface area contributed by atoms with E-state index in [1.54, 1.807) is 16.7 Å². The topological polar surface area (TPSA) is 37.3 Å². The average Bonchev–Trinajstić information content (AvgIpc) is 2.44. The van der Waals surface area contributed by atoms with Crippen LogP contribution in [0.25, 0.3) is 0 Å². The standard InChI is InChI=1S/C11H14O2S/c1-11(2)4-3-7-8(10(12)13)6-14-9(7)5-11/h6H,3-5H2,1-2H3,(H,12,13). The van der Waals surface area contributed by atoms with Gasteiger partial charge in [-0.2, -0.15) is 0 Å². The maximum Gasteiger partial charge on any atom is 0.336 e.